The van der Waals surface area contributed by atoms with E-state index in [1.165, 1.54) is 7.11 Å². The zero-order valence-corrected chi connectivity index (χ0v) is 12.0. The van der Waals surface area contributed by atoms with E-state index in [9.17, 15) is 15.0 Å². The highest BCUT2D eigenvalue weighted by Crippen LogP contribution is 2.15. The molecule has 0 spiro atoms. The lowest BCUT2D eigenvalue weighted by molar-refractivity contribution is -0.146. The number of ether oxygens (including phenoxy) is 1. The van der Waals surface area contributed by atoms with Crippen LogP contribution in [-0.2, 0) is 9.53 Å². The van der Waals surface area contributed by atoms with E-state index in [2.05, 4.69) is 5.32 Å². The van der Waals surface area contributed by atoms with Crippen molar-refractivity contribution in [2.24, 2.45) is 0 Å². The van der Waals surface area contributed by atoms with Crippen LogP contribution < -0.4 is 5.32 Å². The fourth-order valence-electron chi connectivity index (χ4n) is 2.08. The van der Waals surface area contributed by atoms with Gasteiger partial charge in [0, 0.05) is 0 Å². The van der Waals surface area contributed by atoms with Crippen molar-refractivity contribution < 1.29 is 19.7 Å². The third-order valence-corrected chi connectivity index (χ3v) is 3.19. The number of rotatable bonds is 8. The van der Waals surface area contributed by atoms with E-state index in [1.54, 1.807) is 0 Å². The first kappa shape index (κ1) is 16.6. The highest BCUT2D eigenvalue weighted by atomic mass is 16.5. The smallest absolute Gasteiger partial charge is 0.325 e. The van der Waals surface area contributed by atoms with Crippen LogP contribution in [0.25, 0.3) is 0 Å². The molecule has 0 unspecified atom stereocenters. The molecule has 0 radical (unpaired) electrons. The minimum atomic E-state index is -0.850. The number of esters is 1. The molecule has 0 amide bonds. The molecule has 0 aliphatic carbocycles. The van der Waals surface area contributed by atoms with E-state index in [0.717, 1.165) is 12.0 Å². The predicted octanol–water partition coefficient (Wildman–Crippen LogP) is 1.01. The maximum Gasteiger partial charge on any atom is 0.325 e. The van der Waals surface area contributed by atoms with Crippen LogP contribution in [0, 0.1) is 0 Å². The Morgan fingerprint density at radius 3 is 2.50 bits per heavy atom. The van der Waals surface area contributed by atoms with Gasteiger partial charge in [0.25, 0.3) is 0 Å². The molecule has 0 saturated carbocycles. The van der Waals surface area contributed by atoms with Crippen LogP contribution in [0.3, 0.4) is 0 Å². The number of hydrogen-bond acceptors (Lipinski definition) is 5. The van der Waals surface area contributed by atoms with Gasteiger partial charge in [0.1, 0.15) is 6.04 Å². The van der Waals surface area contributed by atoms with Crippen molar-refractivity contribution in [3.63, 3.8) is 0 Å². The molecule has 5 heteroatoms. The number of aliphatic hydroxyl groups excluding tert-OH is 2. The maximum absolute atomic E-state index is 11.8. The number of methoxy groups -OCH3 is 1. The van der Waals surface area contributed by atoms with Crippen LogP contribution in [-0.4, -0.2) is 42.0 Å². The summed E-state index contributed by atoms with van der Waals surface area (Å²) in [7, 11) is 1.28. The molecular weight excluding hydrogens is 258 g/mol. The molecule has 1 aromatic rings. The van der Waals surface area contributed by atoms with Crippen molar-refractivity contribution in [2.75, 3.05) is 13.7 Å². The second-order valence-corrected chi connectivity index (χ2v) is 4.67. The Balaban J connectivity index is 2.83. The van der Waals surface area contributed by atoms with Crippen LogP contribution in [0.2, 0.25) is 0 Å². The van der Waals surface area contributed by atoms with Crippen molar-refractivity contribution in [1.82, 2.24) is 5.32 Å². The molecule has 0 aliphatic rings. The lowest BCUT2D eigenvalue weighted by Gasteiger charge is -2.26. The number of aliphatic hydroxyl groups is 2. The first-order valence-electron chi connectivity index (χ1n) is 6.81. The standard InChI is InChI=1S/C15H23NO4/c1-3-7-13(18)14(15(19)20-2)16-12(10-17)11-8-5-4-6-9-11/h4-6,8-9,12-14,16-18H,3,7,10H2,1-2H3/t12-,13-,14+/m1/s1. The van der Waals surface area contributed by atoms with E-state index in [1.807, 2.05) is 37.3 Å². The van der Waals surface area contributed by atoms with Gasteiger partial charge < -0.3 is 14.9 Å². The van der Waals surface area contributed by atoms with Gasteiger partial charge in [-0.2, -0.15) is 0 Å². The fourth-order valence-corrected chi connectivity index (χ4v) is 2.08. The zero-order valence-electron chi connectivity index (χ0n) is 12.0. The van der Waals surface area contributed by atoms with Crippen LogP contribution >= 0.6 is 0 Å². The molecule has 3 N–H and O–H groups in total. The number of carbonyl (C=O) groups excluding carboxylic acids is 1. The van der Waals surface area contributed by atoms with E-state index < -0.39 is 24.2 Å². The zero-order chi connectivity index (χ0) is 15.0. The van der Waals surface area contributed by atoms with Gasteiger partial charge in [0.15, 0.2) is 0 Å². The molecule has 112 valence electrons. The van der Waals surface area contributed by atoms with Gasteiger partial charge in [-0.1, -0.05) is 43.7 Å². The molecule has 3 atom stereocenters. The van der Waals surface area contributed by atoms with E-state index >= 15 is 0 Å². The minimum absolute atomic E-state index is 0.170. The molecule has 0 heterocycles. The Morgan fingerprint density at radius 2 is 2.00 bits per heavy atom. The molecule has 1 rings (SSSR count). The summed E-state index contributed by atoms with van der Waals surface area (Å²) in [4.78, 5) is 11.8. The summed E-state index contributed by atoms with van der Waals surface area (Å²) < 4.78 is 4.72. The summed E-state index contributed by atoms with van der Waals surface area (Å²) >= 11 is 0. The third-order valence-electron chi connectivity index (χ3n) is 3.19. The van der Waals surface area contributed by atoms with Gasteiger partial charge in [-0.15, -0.1) is 0 Å². The average Bonchev–Trinajstić information content (AvgIpc) is 2.48. The third kappa shape index (κ3) is 4.59. The number of carbonyl (C=O) groups is 1. The normalized spacial score (nSPS) is 15.4. The Hall–Kier alpha value is -1.43. The Bertz CT molecular complexity index is 396. The van der Waals surface area contributed by atoms with Gasteiger partial charge in [0.05, 0.1) is 25.9 Å². The van der Waals surface area contributed by atoms with Crippen LogP contribution in [0.15, 0.2) is 30.3 Å². The van der Waals surface area contributed by atoms with Crippen molar-refractivity contribution >= 4 is 5.97 Å². The summed E-state index contributed by atoms with van der Waals surface area (Å²) in [6.07, 6.45) is 0.399. The monoisotopic (exact) mass is 281 g/mol. The lowest BCUT2D eigenvalue weighted by atomic mass is 10.0. The highest BCUT2D eigenvalue weighted by molar-refractivity contribution is 5.76. The van der Waals surface area contributed by atoms with Crippen LogP contribution in [0.1, 0.15) is 31.4 Å². The Kier molecular flexibility index (Phi) is 7.22. The molecule has 0 saturated heterocycles. The summed E-state index contributed by atoms with van der Waals surface area (Å²) in [5.41, 5.74) is 0.854. The molecule has 20 heavy (non-hydrogen) atoms. The summed E-state index contributed by atoms with van der Waals surface area (Å²) in [5, 5.41) is 22.5. The summed E-state index contributed by atoms with van der Waals surface area (Å²) in [6, 6.07) is 8.03. The second kappa shape index (κ2) is 8.68. The first-order chi connectivity index (χ1) is 9.63. The van der Waals surface area contributed by atoms with Crippen molar-refractivity contribution in [3.05, 3.63) is 35.9 Å². The van der Waals surface area contributed by atoms with Gasteiger partial charge in [-0.25, -0.2) is 0 Å². The van der Waals surface area contributed by atoms with Crippen LogP contribution in [0.5, 0.6) is 0 Å². The van der Waals surface area contributed by atoms with Crippen molar-refractivity contribution in [2.45, 2.75) is 38.0 Å². The number of nitrogens with one attached hydrogen (secondary N) is 1. The van der Waals surface area contributed by atoms with Gasteiger partial charge in [-0.05, 0) is 12.0 Å². The van der Waals surface area contributed by atoms with Gasteiger partial charge >= 0.3 is 5.97 Å². The largest absolute Gasteiger partial charge is 0.468 e. The predicted molar refractivity (Wildman–Crippen MR) is 76.1 cm³/mol. The summed E-state index contributed by atoms with van der Waals surface area (Å²) in [6.45, 7) is 1.76. The lowest BCUT2D eigenvalue weighted by Crippen LogP contribution is -2.48. The minimum Gasteiger partial charge on any atom is -0.468 e. The van der Waals surface area contributed by atoms with Crippen molar-refractivity contribution in [1.29, 1.82) is 0 Å². The molecule has 0 aromatic heterocycles. The topological polar surface area (TPSA) is 78.8 Å². The quantitative estimate of drug-likeness (QED) is 0.620. The first-order valence-corrected chi connectivity index (χ1v) is 6.81. The summed E-state index contributed by atoms with van der Waals surface area (Å²) in [5.74, 6) is -0.527. The van der Waals surface area contributed by atoms with E-state index in [4.69, 9.17) is 4.74 Å². The SMILES string of the molecule is CCC[C@@H](O)[C@H](N[C@H](CO)c1ccccc1)C(=O)OC. The number of benzene rings is 1. The maximum atomic E-state index is 11.8. The molecule has 0 bridgehead atoms. The van der Waals surface area contributed by atoms with Gasteiger partial charge in [-0.3, -0.25) is 10.1 Å². The number of hydrogen-bond donors (Lipinski definition) is 3. The molecular formula is C15H23NO4. The van der Waals surface area contributed by atoms with Crippen LogP contribution in [0.4, 0.5) is 0 Å². The fraction of sp³-hybridized carbons (Fsp3) is 0.533. The highest BCUT2D eigenvalue weighted by Gasteiger charge is 2.29. The van der Waals surface area contributed by atoms with Gasteiger partial charge in [0.2, 0.25) is 0 Å². The van der Waals surface area contributed by atoms with Crippen molar-refractivity contribution in [3.8, 4) is 0 Å². The molecule has 0 aliphatic heterocycles. The average molecular weight is 281 g/mol. The molecule has 0 fully saturated rings. The Morgan fingerprint density at radius 1 is 1.35 bits per heavy atom. The Labute approximate surface area is 119 Å². The molecule has 1 aromatic carbocycles. The van der Waals surface area contributed by atoms with E-state index in [-0.39, 0.29) is 6.61 Å². The second-order valence-electron chi connectivity index (χ2n) is 4.67. The molecule has 5 nitrogen and oxygen atoms in total. The van der Waals surface area contributed by atoms with E-state index in [0.29, 0.717) is 6.42 Å².